The van der Waals surface area contributed by atoms with Crippen LogP contribution in [-0.2, 0) is 10.3 Å². The zero-order chi connectivity index (χ0) is 12.7. The minimum Gasteiger partial charge on any atom is -0.373 e. The zero-order valence-corrected chi connectivity index (χ0v) is 11.0. The van der Waals surface area contributed by atoms with Crippen LogP contribution in [0.25, 0.3) is 0 Å². The average Bonchev–Trinajstić information content (AvgIpc) is 2.62. The van der Waals surface area contributed by atoms with Crippen LogP contribution in [-0.4, -0.2) is 17.3 Å². The monoisotopic (exact) mass is 239 g/mol. The first-order chi connectivity index (χ1) is 7.87. The second-order valence-electron chi connectivity index (χ2n) is 5.95. The van der Waals surface area contributed by atoms with Crippen molar-refractivity contribution in [2.45, 2.75) is 51.7 Å². The van der Waals surface area contributed by atoms with Crippen LogP contribution < -0.4 is 5.73 Å². The third-order valence-corrected chi connectivity index (χ3v) is 3.37. The van der Waals surface area contributed by atoms with E-state index in [9.17, 15) is 0 Å². The molecule has 1 saturated carbocycles. The lowest BCUT2D eigenvalue weighted by molar-refractivity contribution is 0.00718. The van der Waals surface area contributed by atoms with Gasteiger partial charge in [-0.3, -0.25) is 0 Å². The van der Waals surface area contributed by atoms with Crippen molar-refractivity contribution in [3.05, 3.63) is 11.7 Å². The number of aromatic nitrogens is 2. The molecule has 1 fully saturated rings. The first-order valence-electron chi connectivity index (χ1n) is 6.02. The van der Waals surface area contributed by atoms with E-state index in [0.717, 1.165) is 19.3 Å². The van der Waals surface area contributed by atoms with Crippen molar-refractivity contribution in [1.82, 2.24) is 10.1 Å². The average molecular weight is 239 g/mol. The Bertz CT molecular complexity index is 391. The summed E-state index contributed by atoms with van der Waals surface area (Å²) in [6.45, 7) is 6.25. The Morgan fingerprint density at radius 2 is 2.06 bits per heavy atom. The van der Waals surface area contributed by atoms with Crippen molar-refractivity contribution in [2.24, 2.45) is 11.1 Å². The van der Waals surface area contributed by atoms with E-state index in [0.29, 0.717) is 11.7 Å². The van der Waals surface area contributed by atoms with Crippen LogP contribution in [0.15, 0.2) is 4.52 Å². The fraction of sp³-hybridized carbons (Fsp3) is 0.833. The molecule has 17 heavy (non-hydrogen) atoms. The largest absolute Gasteiger partial charge is 0.373 e. The van der Waals surface area contributed by atoms with E-state index in [4.69, 9.17) is 15.0 Å². The van der Waals surface area contributed by atoms with Crippen molar-refractivity contribution >= 4 is 0 Å². The summed E-state index contributed by atoms with van der Waals surface area (Å²) in [6.07, 6.45) is 2.79. The molecule has 5 nitrogen and oxygen atoms in total. The van der Waals surface area contributed by atoms with Crippen molar-refractivity contribution in [3.63, 3.8) is 0 Å². The highest BCUT2D eigenvalue weighted by Crippen LogP contribution is 2.39. The number of nitrogens with zero attached hydrogens (tertiary/aromatic N) is 2. The van der Waals surface area contributed by atoms with Gasteiger partial charge in [-0.25, -0.2) is 0 Å². The van der Waals surface area contributed by atoms with Crippen LogP contribution in [0, 0.1) is 5.41 Å². The molecule has 0 bridgehead atoms. The second-order valence-corrected chi connectivity index (χ2v) is 5.95. The molecular formula is C12H21N3O2. The minimum atomic E-state index is -0.401. The van der Waals surface area contributed by atoms with Crippen molar-refractivity contribution in [2.75, 3.05) is 7.11 Å². The molecule has 2 rings (SSSR count). The Hall–Kier alpha value is -0.940. The van der Waals surface area contributed by atoms with E-state index < -0.39 is 5.54 Å². The van der Waals surface area contributed by atoms with Gasteiger partial charge in [-0.15, -0.1) is 0 Å². The van der Waals surface area contributed by atoms with Crippen LogP contribution in [0.4, 0.5) is 0 Å². The third kappa shape index (κ3) is 2.21. The Balaban J connectivity index is 2.23. The van der Waals surface area contributed by atoms with E-state index in [1.54, 1.807) is 7.11 Å². The minimum absolute atomic E-state index is 0.0722. The standard InChI is InChI=1S/C12H21N3O2/c1-11(2,3)8(16-4)9-14-10(17-15-9)12(13)6-5-7-12/h8H,5-7,13H2,1-4H3. The highest BCUT2D eigenvalue weighted by Gasteiger charge is 2.41. The predicted molar refractivity (Wildman–Crippen MR) is 63.2 cm³/mol. The smallest absolute Gasteiger partial charge is 0.246 e. The molecule has 1 aliphatic rings. The predicted octanol–water partition coefficient (Wildman–Crippen LogP) is 2.14. The molecule has 5 heteroatoms. The van der Waals surface area contributed by atoms with Gasteiger partial charge in [-0.1, -0.05) is 25.9 Å². The van der Waals surface area contributed by atoms with Gasteiger partial charge in [0.2, 0.25) is 11.7 Å². The van der Waals surface area contributed by atoms with Gasteiger partial charge in [-0.05, 0) is 24.7 Å². The van der Waals surface area contributed by atoms with Crippen molar-refractivity contribution < 1.29 is 9.26 Å². The van der Waals surface area contributed by atoms with Crippen LogP contribution in [0.5, 0.6) is 0 Å². The fourth-order valence-corrected chi connectivity index (χ4v) is 2.16. The lowest BCUT2D eigenvalue weighted by atomic mass is 9.77. The van der Waals surface area contributed by atoms with E-state index in [2.05, 4.69) is 30.9 Å². The summed E-state index contributed by atoms with van der Waals surface area (Å²) >= 11 is 0. The first kappa shape index (κ1) is 12.5. The summed E-state index contributed by atoms with van der Waals surface area (Å²) in [4.78, 5) is 4.41. The molecule has 2 N–H and O–H groups in total. The SMILES string of the molecule is COC(c1noc(C2(N)CCC2)n1)C(C)(C)C. The van der Waals surface area contributed by atoms with Gasteiger partial charge in [0.05, 0.1) is 5.54 Å². The maximum atomic E-state index is 6.15. The topological polar surface area (TPSA) is 74.2 Å². The van der Waals surface area contributed by atoms with Gasteiger partial charge < -0.3 is 15.0 Å². The maximum Gasteiger partial charge on any atom is 0.246 e. The van der Waals surface area contributed by atoms with Gasteiger partial charge in [0, 0.05) is 7.11 Å². The van der Waals surface area contributed by atoms with E-state index in [1.165, 1.54) is 0 Å². The number of hydrogen-bond donors (Lipinski definition) is 1. The molecule has 0 radical (unpaired) electrons. The zero-order valence-electron chi connectivity index (χ0n) is 11.0. The highest BCUT2D eigenvalue weighted by molar-refractivity contribution is 5.08. The van der Waals surface area contributed by atoms with E-state index in [-0.39, 0.29) is 11.5 Å². The molecule has 1 atom stereocenters. The fourth-order valence-electron chi connectivity index (χ4n) is 2.16. The number of rotatable bonds is 3. The lowest BCUT2D eigenvalue weighted by Crippen LogP contribution is -2.43. The molecule has 1 aromatic rings. The molecule has 0 saturated heterocycles. The van der Waals surface area contributed by atoms with Crippen molar-refractivity contribution in [1.29, 1.82) is 0 Å². The second kappa shape index (κ2) is 4.07. The van der Waals surface area contributed by atoms with E-state index in [1.807, 2.05) is 0 Å². The molecule has 1 aromatic heterocycles. The maximum absolute atomic E-state index is 6.15. The third-order valence-electron chi connectivity index (χ3n) is 3.37. The molecule has 0 spiro atoms. The van der Waals surface area contributed by atoms with Gasteiger partial charge in [0.1, 0.15) is 6.10 Å². The number of ether oxygens (including phenoxy) is 1. The summed E-state index contributed by atoms with van der Waals surface area (Å²) in [5.74, 6) is 1.14. The molecule has 0 aromatic carbocycles. The Morgan fingerprint density at radius 3 is 2.47 bits per heavy atom. The van der Waals surface area contributed by atoms with Gasteiger partial charge in [0.15, 0.2) is 0 Å². The van der Waals surface area contributed by atoms with Crippen LogP contribution in [0.1, 0.15) is 57.9 Å². The normalized spacial score (nSPS) is 21.0. The molecule has 1 aliphatic carbocycles. The quantitative estimate of drug-likeness (QED) is 0.874. The molecular weight excluding hydrogens is 218 g/mol. The van der Waals surface area contributed by atoms with E-state index >= 15 is 0 Å². The van der Waals surface area contributed by atoms with Gasteiger partial charge in [0.25, 0.3) is 0 Å². The summed E-state index contributed by atoms with van der Waals surface area (Å²) in [5, 5.41) is 4.01. The van der Waals surface area contributed by atoms with Crippen LogP contribution in [0.2, 0.25) is 0 Å². The van der Waals surface area contributed by atoms with Crippen LogP contribution in [0.3, 0.4) is 0 Å². The molecule has 1 heterocycles. The van der Waals surface area contributed by atoms with Gasteiger partial charge in [-0.2, -0.15) is 4.98 Å². The lowest BCUT2D eigenvalue weighted by Gasteiger charge is -2.33. The first-order valence-corrected chi connectivity index (χ1v) is 6.02. The molecule has 0 amide bonds. The van der Waals surface area contributed by atoms with Crippen molar-refractivity contribution in [3.8, 4) is 0 Å². The number of nitrogens with two attached hydrogens (primary N) is 1. The van der Waals surface area contributed by atoms with Gasteiger partial charge >= 0.3 is 0 Å². The molecule has 96 valence electrons. The highest BCUT2D eigenvalue weighted by atomic mass is 16.5. The molecule has 0 aliphatic heterocycles. The Kier molecular flexibility index (Phi) is 2.99. The molecule has 1 unspecified atom stereocenters. The summed E-state index contributed by atoms with van der Waals surface area (Å²) in [6, 6.07) is 0. The van der Waals surface area contributed by atoms with Crippen LogP contribution >= 0.6 is 0 Å². The number of methoxy groups -OCH3 is 1. The Morgan fingerprint density at radius 1 is 1.41 bits per heavy atom. The summed E-state index contributed by atoms with van der Waals surface area (Å²) < 4.78 is 10.7. The summed E-state index contributed by atoms with van der Waals surface area (Å²) in [5.41, 5.74) is 5.68. The number of hydrogen-bond acceptors (Lipinski definition) is 5. The Labute approximate surface area is 102 Å². The summed E-state index contributed by atoms with van der Waals surface area (Å²) in [7, 11) is 1.66.